The summed E-state index contributed by atoms with van der Waals surface area (Å²) in [7, 11) is 1.85. The molecule has 0 radical (unpaired) electrons. The van der Waals surface area contributed by atoms with Gasteiger partial charge in [-0.3, -0.25) is 4.79 Å². The zero-order valence-corrected chi connectivity index (χ0v) is 16.7. The van der Waals surface area contributed by atoms with Gasteiger partial charge in [0.15, 0.2) is 6.04 Å². The van der Waals surface area contributed by atoms with Gasteiger partial charge in [-0.15, -0.1) is 11.3 Å². The van der Waals surface area contributed by atoms with E-state index in [2.05, 4.69) is 5.32 Å². The topological polar surface area (TPSA) is 72.0 Å². The summed E-state index contributed by atoms with van der Waals surface area (Å²) in [6.45, 7) is 2.04. The number of hydrogen-bond donors (Lipinski definition) is 2. The summed E-state index contributed by atoms with van der Waals surface area (Å²) < 4.78 is 5.25. The van der Waals surface area contributed by atoms with E-state index >= 15 is 0 Å². The molecule has 1 amide bonds. The van der Waals surface area contributed by atoms with Crippen LogP contribution in [-0.2, 0) is 9.53 Å². The molecule has 1 aromatic heterocycles. The molecule has 0 spiro atoms. The fourth-order valence-electron chi connectivity index (χ4n) is 3.03. The van der Waals surface area contributed by atoms with Crippen LogP contribution in [0.3, 0.4) is 0 Å². The smallest absolute Gasteiger partial charge is 0.341 e. The summed E-state index contributed by atoms with van der Waals surface area (Å²) in [5.41, 5.74) is 2.97. The quantitative estimate of drug-likeness (QED) is 0.602. The third kappa shape index (κ3) is 4.30. The van der Waals surface area contributed by atoms with E-state index < -0.39 is 12.0 Å². The number of rotatable bonds is 7. The molecule has 0 aliphatic carbocycles. The van der Waals surface area contributed by atoms with Gasteiger partial charge in [0.25, 0.3) is 5.91 Å². The molecule has 0 unspecified atom stereocenters. The van der Waals surface area contributed by atoms with Gasteiger partial charge < -0.3 is 15.4 Å². The predicted molar refractivity (Wildman–Crippen MR) is 111 cm³/mol. The number of hydrogen-bond acceptors (Lipinski definition) is 4. The number of benzene rings is 2. The lowest BCUT2D eigenvalue weighted by Crippen LogP contribution is -2.83. The minimum Gasteiger partial charge on any atom is -0.462 e. The molecule has 28 heavy (non-hydrogen) atoms. The molecule has 6 heteroatoms. The predicted octanol–water partition coefficient (Wildman–Crippen LogP) is 3.46. The molecule has 1 atom stereocenters. The van der Waals surface area contributed by atoms with Gasteiger partial charge in [0.1, 0.15) is 10.6 Å². The molecule has 144 valence electrons. The fourth-order valence-corrected chi connectivity index (χ4v) is 3.99. The average Bonchev–Trinajstić information content (AvgIpc) is 3.14. The average molecular weight is 396 g/mol. The van der Waals surface area contributed by atoms with Crippen LogP contribution < -0.4 is 10.6 Å². The second-order valence-corrected chi connectivity index (χ2v) is 7.03. The van der Waals surface area contributed by atoms with Crippen molar-refractivity contribution in [2.45, 2.75) is 13.0 Å². The first-order valence-corrected chi connectivity index (χ1v) is 10.0. The normalized spacial score (nSPS) is 11.6. The molecule has 1 heterocycles. The number of amides is 1. The molecular formula is C22H23N2O3S+. The first kappa shape index (κ1) is 19.8. The van der Waals surface area contributed by atoms with E-state index in [0.717, 1.165) is 16.7 Å². The number of nitrogens with two attached hydrogens (primary N) is 1. The number of esters is 1. The van der Waals surface area contributed by atoms with Crippen molar-refractivity contribution in [3.05, 3.63) is 77.2 Å². The van der Waals surface area contributed by atoms with Crippen LogP contribution in [0.15, 0.2) is 66.0 Å². The first-order valence-electron chi connectivity index (χ1n) is 9.15. The van der Waals surface area contributed by atoms with Crippen LogP contribution in [0, 0.1) is 0 Å². The SMILES string of the molecule is CCOC(=O)c1c(-c2ccccc2)csc1NC(=O)[C@@H]([NH2+]C)c1ccccc1. The number of thiophene rings is 1. The number of anilines is 1. The van der Waals surface area contributed by atoms with Crippen molar-refractivity contribution < 1.29 is 19.6 Å². The molecule has 0 saturated carbocycles. The zero-order chi connectivity index (χ0) is 19.9. The van der Waals surface area contributed by atoms with E-state index in [0.29, 0.717) is 10.6 Å². The molecule has 0 aliphatic rings. The number of carbonyl (C=O) groups excluding carboxylic acids is 2. The zero-order valence-electron chi connectivity index (χ0n) is 15.8. The van der Waals surface area contributed by atoms with Crippen LogP contribution in [0.25, 0.3) is 11.1 Å². The maximum Gasteiger partial charge on any atom is 0.341 e. The van der Waals surface area contributed by atoms with Gasteiger partial charge in [0, 0.05) is 16.5 Å². The summed E-state index contributed by atoms with van der Waals surface area (Å²) in [5, 5.41) is 7.17. The highest BCUT2D eigenvalue weighted by molar-refractivity contribution is 7.15. The van der Waals surface area contributed by atoms with Crippen molar-refractivity contribution in [2.75, 3.05) is 19.0 Å². The minimum absolute atomic E-state index is 0.180. The summed E-state index contributed by atoms with van der Waals surface area (Å²) in [4.78, 5) is 25.6. The molecule has 3 rings (SSSR count). The monoisotopic (exact) mass is 395 g/mol. The van der Waals surface area contributed by atoms with E-state index in [1.165, 1.54) is 11.3 Å². The summed E-state index contributed by atoms with van der Waals surface area (Å²) in [5.74, 6) is -0.615. The number of nitrogens with one attached hydrogen (secondary N) is 1. The van der Waals surface area contributed by atoms with E-state index in [-0.39, 0.29) is 12.5 Å². The number of ether oxygens (including phenoxy) is 1. The molecule has 0 fully saturated rings. The second kappa shape index (κ2) is 9.30. The van der Waals surface area contributed by atoms with Gasteiger partial charge in [-0.2, -0.15) is 0 Å². The molecule has 3 aromatic rings. The van der Waals surface area contributed by atoms with Crippen LogP contribution >= 0.6 is 11.3 Å². The Morgan fingerprint density at radius 2 is 1.71 bits per heavy atom. The minimum atomic E-state index is -0.436. The maximum atomic E-state index is 12.9. The number of carbonyl (C=O) groups is 2. The van der Waals surface area contributed by atoms with E-state index in [1.807, 2.05) is 78.4 Å². The highest BCUT2D eigenvalue weighted by Gasteiger charge is 2.27. The second-order valence-electron chi connectivity index (χ2n) is 6.15. The lowest BCUT2D eigenvalue weighted by atomic mass is 10.0. The summed E-state index contributed by atoms with van der Waals surface area (Å²) in [6.07, 6.45) is 0. The van der Waals surface area contributed by atoms with Crippen LogP contribution in [0.5, 0.6) is 0 Å². The van der Waals surface area contributed by atoms with Gasteiger partial charge in [-0.1, -0.05) is 60.7 Å². The van der Waals surface area contributed by atoms with Crippen molar-refractivity contribution in [3.8, 4) is 11.1 Å². The highest BCUT2D eigenvalue weighted by atomic mass is 32.1. The molecular weight excluding hydrogens is 372 g/mol. The van der Waals surface area contributed by atoms with Gasteiger partial charge in [0.2, 0.25) is 0 Å². The Hall–Kier alpha value is -2.96. The molecule has 0 bridgehead atoms. The number of quaternary nitrogens is 1. The Morgan fingerprint density at radius 1 is 1.07 bits per heavy atom. The van der Waals surface area contributed by atoms with Crippen LogP contribution in [0.4, 0.5) is 5.00 Å². The Balaban J connectivity index is 1.94. The number of likely N-dealkylation sites (N-methyl/N-ethyl adjacent to an activating group) is 1. The summed E-state index contributed by atoms with van der Waals surface area (Å²) >= 11 is 1.33. The molecule has 0 saturated heterocycles. The first-order chi connectivity index (χ1) is 13.7. The third-order valence-electron chi connectivity index (χ3n) is 4.37. The highest BCUT2D eigenvalue weighted by Crippen LogP contribution is 2.36. The van der Waals surface area contributed by atoms with Crippen molar-refractivity contribution in [1.82, 2.24) is 0 Å². The fraction of sp³-hybridized carbons (Fsp3) is 0.182. The molecule has 5 nitrogen and oxygen atoms in total. The van der Waals surface area contributed by atoms with Crippen molar-refractivity contribution in [3.63, 3.8) is 0 Å². The molecule has 2 aromatic carbocycles. The Labute approximate surface area is 168 Å². The Bertz CT molecular complexity index is 939. The summed E-state index contributed by atoms with van der Waals surface area (Å²) in [6, 6.07) is 18.8. The van der Waals surface area contributed by atoms with Crippen molar-refractivity contribution in [1.29, 1.82) is 0 Å². The lowest BCUT2D eigenvalue weighted by Gasteiger charge is -2.14. The van der Waals surface area contributed by atoms with Gasteiger partial charge in [-0.05, 0) is 12.5 Å². The largest absolute Gasteiger partial charge is 0.462 e. The standard InChI is InChI=1S/C22H22N2O3S/c1-3-27-22(26)18-17(15-10-6-4-7-11-15)14-28-21(18)24-20(25)19(23-2)16-12-8-5-9-13-16/h4-14,19,23H,3H2,1-2H3,(H,24,25)/p+1/t19-/m0/s1. The molecule has 0 aliphatic heterocycles. The van der Waals surface area contributed by atoms with Gasteiger partial charge in [-0.25, -0.2) is 4.79 Å². The van der Waals surface area contributed by atoms with Crippen LogP contribution in [0.2, 0.25) is 0 Å². The Morgan fingerprint density at radius 3 is 2.32 bits per heavy atom. The maximum absolute atomic E-state index is 12.9. The van der Waals surface area contributed by atoms with E-state index in [4.69, 9.17) is 4.74 Å². The molecule has 3 N–H and O–H groups in total. The van der Waals surface area contributed by atoms with Crippen molar-refractivity contribution in [2.24, 2.45) is 0 Å². The van der Waals surface area contributed by atoms with E-state index in [1.54, 1.807) is 6.92 Å². The van der Waals surface area contributed by atoms with Crippen LogP contribution in [-0.4, -0.2) is 25.5 Å². The van der Waals surface area contributed by atoms with E-state index in [9.17, 15) is 9.59 Å². The van der Waals surface area contributed by atoms with Crippen molar-refractivity contribution >= 4 is 28.2 Å². The van der Waals surface area contributed by atoms with Gasteiger partial charge >= 0.3 is 5.97 Å². The third-order valence-corrected chi connectivity index (χ3v) is 5.26. The van der Waals surface area contributed by atoms with Crippen LogP contribution in [0.1, 0.15) is 28.9 Å². The van der Waals surface area contributed by atoms with Gasteiger partial charge in [0.05, 0.1) is 13.7 Å². The lowest BCUT2D eigenvalue weighted by molar-refractivity contribution is -0.656. The Kier molecular flexibility index (Phi) is 6.57.